The predicted octanol–water partition coefficient (Wildman–Crippen LogP) is 0.899. The van der Waals surface area contributed by atoms with Gasteiger partial charge in [-0.1, -0.05) is 13.3 Å². The van der Waals surface area contributed by atoms with Gasteiger partial charge < -0.3 is 15.8 Å². The van der Waals surface area contributed by atoms with Gasteiger partial charge in [-0.3, -0.25) is 0 Å². The molecule has 0 amide bonds. The summed E-state index contributed by atoms with van der Waals surface area (Å²) in [5.41, 5.74) is 5.74. The molecule has 3 atom stereocenters. The highest BCUT2D eigenvalue weighted by Crippen LogP contribution is 2.20. The topological polar surface area (TPSA) is 47.3 Å². The lowest BCUT2D eigenvalue weighted by Gasteiger charge is -2.28. The van der Waals surface area contributed by atoms with Crippen LogP contribution in [0.15, 0.2) is 0 Å². The maximum Gasteiger partial charge on any atom is 0.106 e. The molecule has 0 saturated carbocycles. The zero-order chi connectivity index (χ0) is 9.61. The number of likely N-dealkylation sites (N-methyl/N-ethyl adjacent to an activating group) is 1. The summed E-state index contributed by atoms with van der Waals surface area (Å²) in [6.07, 6.45) is 1.82. The smallest absolute Gasteiger partial charge is 0.106 e. The van der Waals surface area contributed by atoms with Crippen LogP contribution < -0.4 is 11.1 Å². The summed E-state index contributed by atoms with van der Waals surface area (Å²) >= 11 is 0. The van der Waals surface area contributed by atoms with Gasteiger partial charge in [0.2, 0.25) is 0 Å². The molecule has 0 heterocycles. The van der Waals surface area contributed by atoms with Gasteiger partial charge in [-0.25, -0.2) is 0 Å². The van der Waals surface area contributed by atoms with Gasteiger partial charge >= 0.3 is 0 Å². The van der Waals surface area contributed by atoms with Crippen molar-refractivity contribution < 1.29 is 4.74 Å². The van der Waals surface area contributed by atoms with Crippen molar-refractivity contribution in [3.05, 3.63) is 0 Å². The van der Waals surface area contributed by atoms with E-state index in [9.17, 15) is 0 Å². The van der Waals surface area contributed by atoms with Gasteiger partial charge in [-0.2, -0.15) is 0 Å². The molecule has 12 heavy (non-hydrogen) atoms. The Labute approximate surface area is 77.6 Å². The van der Waals surface area contributed by atoms with Gasteiger partial charge in [0.15, 0.2) is 0 Å². The van der Waals surface area contributed by atoms with E-state index in [1.807, 2.05) is 14.0 Å². The summed E-state index contributed by atoms with van der Waals surface area (Å²) in [4.78, 5) is 0. The average molecular weight is 192 g/mol. The monoisotopic (exact) mass is 192 g/mol. The van der Waals surface area contributed by atoms with E-state index in [2.05, 4.69) is 21.5 Å². The molecule has 0 aromatic heterocycles. The van der Waals surface area contributed by atoms with E-state index in [4.69, 9.17) is 10.5 Å². The molecule has 4 heteroatoms. The van der Waals surface area contributed by atoms with Gasteiger partial charge in [-0.15, -0.1) is 9.24 Å². The number of nitrogens with one attached hydrogen (secondary N) is 1. The van der Waals surface area contributed by atoms with Crippen LogP contribution in [0.3, 0.4) is 0 Å². The Bertz CT molecular complexity index is 120. The quantitative estimate of drug-likeness (QED) is 0.485. The molecule has 0 aliphatic carbocycles. The first kappa shape index (κ1) is 12.3. The van der Waals surface area contributed by atoms with Crippen LogP contribution in [0.5, 0.6) is 0 Å². The van der Waals surface area contributed by atoms with Gasteiger partial charge in [0.05, 0.1) is 5.34 Å². The predicted molar refractivity (Wildman–Crippen MR) is 56.0 cm³/mol. The largest absolute Gasteiger partial charge is 0.352 e. The van der Waals surface area contributed by atoms with E-state index in [1.54, 1.807) is 0 Å². The number of hydrogen-bond donors (Lipinski definition) is 2. The van der Waals surface area contributed by atoms with Crippen molar-refractivity contribution in [2.75, 3.05) is 13.6 Å². The minimum absolute atomic E-state index is 0.147. The molecule has 0 aromatic rings. The molecule has 3 nitrogen and oxygen atoms in total. The molecule has 0 bridgehead atoms. The standard InChI is InChI=1S/C8H21N2OP/c1-4-5-7(9)11-8(2,12)6-10-3/h7,10H,4-6,9,12H2,1-3H3. The van der Waals surface area contributed by atoms with Crippen molar-refractivity contribution in [3.63, 3.8) is 0 Å². The first-order valence-corrected chi connectivity index (χ1v) is 4.96. The molecule has 0 spiro atoms. The molecule has 74 valence electrons. The maximum absolute atomic E-state index is 5.74. The normalized spacial score (nSPS) is 18.8. The Morgan fingerprint density at radius 2 is 2.25 bits per heavy atom. The van der Waals surface area contributed by atoms with Gasteiger partial charge in [0.1, 0.15) is 6.23 Å². The molecule has 0 rings (SSSR count). The molecule has 0 fully saturated rings. The molecule has 0 aliphatic heterocycles. The summed E-state index contributed by atoms with van der Waals surface area (Å²) in [5.74, 6) is 0. The summed E-state index contributed by atoms with van der Waals surface area (Å²) in [6.45, 7) is 4.89. The second-order valence-electron chi connectivity index (χ2n) is 3.29. The second kappa shape index (κ2) is 5.87. The minimum atomic E-state index is -0.247. The van der Waals surface area contributed by atoms with Crippen molar-refractivity contribution in [3.8, 4) is 0 Å². The van der Waals surface area contributed by atoms with Crippen LogP contribution in [0, 0.1) is 0 Å². The SMILES string of the molecule is CCCC(N)OC(C)(P)CNC. The number of rotatable bonds is 6. The van der Waals surface area contributed by atoms with Crippen molar-refractivity contribution >= 4 is 9.24 Å². The number of nitrogens with two attached hydrogens (primary N) is 1. The van der Waals surface area contributed by atoms with Crippen LogP contribution in [-0.4, -0.2) is 25.2 Å². The highest BCUT2D eigenvalue weighted by molar-refractivity contribution is 7.18. The molecular formula is C8H21N2OP. The molecular weight excluding hydrogens is 171 g/mol. The van der Waals surface area contributed by atoms with E-state index in [1.165, 1.54) is 0 Å². The van der Waals surface area contributed by atoms with Gasteiger partial charge in [-0.05, 0) is 20.4 Å². The van der Waals surface area contributed by atoms with E-state index < -0.39 is 0 Å². The summed E-state index contributed by atoms with van der Waals surface area (Å²) < 4.78 is 5.60. The Morgan fingerprint density at radius 1 is 1.67 bits per heavy atom. The van der Waals surface area contributed by atoms with E-state index in [0.29, 0.717) is 0 Å². The van der Waals surface area contributed by atoms with Crippen LogP contribution >= 0.6 is 9.24 Å². The first-order valence-electron chi connectivity index (χ1n) is 4.38. The highest BCUT2D eigenvalue weighted by atomic mass is 31.0. The van der Waals surface area contributed by atoms with Gasteiger partial charge in [0, 0.05) is 6.54 Å². The summed E-state index contributed by atoms with van der Waals surface area (Å²) in [7, 11) is 4.57. The van der Waals surface area contributed by atoms with E-state index >= 15 is 0 Å². The average Bonchev–Trinajstić information content (AvgIpc) is 1.85. The fraction of sp³-hybridized carbons (Fsp3) is 1.00. The lowest BCUT2D eigenvalue weighted by molar-refractivity contribution is -0.0243. The molecule has 0 aromatic carbocycles. The van der Waals surface area contributed by atoms with Crippen LogP contribution in [0.25, 0.3) is 0 Å². The lowest BCUT2D eigenvalue weighted by Crippen LogP contribution is -2.39. The van der Waals surface area contributed by atoms with Gasteiger partial charge in [0.25, 0.3) is 0 Å². The molecule has 0 saturated heterocycles. The Kier molecular flexibility index (Phi) is 6.02. The minimum Gasteiger partial charge on any atom is -0.352 e. The zero-order valence-corrected chi connectivity index (χ0v) is 9.42. The van der Waals surface area contributed by atoms with Crippen LogP contribution in [0.1, 0.15) is 26.7 Å². The fourth-order valence-corrected chi connectivity index (χ4v) is 1.46. The molecule has 3 N–H and O–H groups in total. The van der Waals surface area contributed by atoms with Crippen LogP contribution in [-0.2, 0) is 4.74 Å². The van der Waals surface area contributed by atoms with Crippen molar-refractivity contribution in [1.82, 2.24) is 5.32 Å². The van der Waals surface area contributed by atoms with E-state index in [-0.39, 0.29) is 11.6 Å². The molecule has 3 unspecified atom stereocenters. The number of ether oxygens (including phenoxy) is 1. The fourth-order valence-electron chi connectivity index (χ4n) is 1.08. The second-order valence-corrected chi connectivity index (χ2v) is 4.51. The Balaban J connectivity index is 3.70. The molecule has 0 radical (unpaired) electrons. The third-order valence-electron chi connectivity index (χ3n) is 1.52. The van der Waals surface area contributed by atoms with Crippen molar-refractivity contribution in [2.24, 2.45) is 5.73 Å². The Morgan fingerprint density at radius 3 is 2.67 bits per heavy atom. The highest BCUT2D eigenvalue weighted by Gasteiger charge is 2.20. The third-order valence-corrected chi connectivity index (χ3v) is 1.86. The zero-order valence-electron chi connectivity index (χ0n) is 8.26. The summed E-state index contributed by atoms with van der Waals surface area (Å²) in [5, 5.41) is 2.81. The maximum atomic E-state index is 5.74. The van der Waals surface area contributed by atoms with Crippen molar-refractivity contribution in [1.29, 1.82) is 0 Å². The number of hydrogen-bond acceptors (Lipinski definition) is 3. The first-order chi connectivity index (χ1) is 5.52. The van der Waals surface area contributed by atoms with Crippen LogP contribution in [0.2, 0.25) is 0 Å². The van der Waals surface area contributed by atoms with E-state index in [0.717, 1.165) is 19.4 Å². The Hall–Kier alpha value is 0.310. The lowest BCUT2D eigenvalue weighted by atomic mass is 10.3. The summed E-state index contributed by atoms with van der Waals surface area (Å²) in [6, 6.07) is 0. The van der Waals surface area contributed by atoms with Crippen LogP contribution in [0.4, 0.5) is 0 Å². The third kappa shape index (κ3) is 5.90. The van der Waals surface area contributed by atoms with Crippen molar-refractivity contribution in [2.45, 2.75) is 38.3 Å². The molecule has 0 aliphatic rings.